The van der Waals surface area contributed by atoms with Crippen LogP contribution in [0.5, 0.6) is 11.5 Å². The molecule has 2 atom stereocenters. The van der Waals surface area contributed by atoms with Crippen molar-refractivity contribution < 1.29 is 28.5 Å². The van der Waals surface area contributed by atoms with E-state index in [-0.39, 0.29) is 18.6 Å². The van der Waals surface area contributed by atoms with Crippen LogP contribution in [0, 0.1) is 13.8 Å². The molecule has 0 bridgehead atoms. The summed E-state index contributed by atoms with van der Waals surface area (Å²) in [6.45, 7) is 23.1. The highest BCUT2D eigenvalue weighted by Gasteiger charge is 2.37. The molecule has 0 fully saturated rings. The average Bonchev–Trinajstić information content (AvgIpc) is 2.92. The molecule has 0 aliphatic heterocycles. The summed E-state index contributed by atoms with van der Waals surface area (Å²) in [5, 5.41) is 0. The van der Waals surface area contributed by atoms with Crippen molar-refractivity contribution in [2.24, 2.45) is 0 Å². The number of hydrogen-bond acceptors (Lipinski definition) is 6. The molecule has 212 valence electrons. The van der Waals surface area contributed by atoms with Crippen LogP contribution in [0.2, 0.25) is 0 Å². The lowest BCUT2D eigenvalue weighted by molar-refractivity contribution is -0.160. The van der Waals surface area contributed by atoms with Gasteiger partial charge < -0.3 is 18.9 Å². The van der Waals surface area contributed by atoms with Gasteiger partial charge in [-0.05, 0) is 74.9 Å². The predicted octanol–water partition coefficient (Wildman–Crippen LogP) is 7.18. The molecule has 0 amide bonds. The van der Waals surface area contributed by atoms with Crippen molar-refractivity contribution in [2.45, 2.75) is 84.8 Å². The van der Waals surface area contributed by atoms with Gasteiger partial charge in [0.1, 0.15) is 18.1 Å². The fourth-order valence-corrected chi connectivity index (χ4v) is 4.02. The van der Waals surface area contributed by atoms with E-state index in [1.165, 1.54) is 6.08 Å². The van der Waals surface area contributed by atoms with Gasteiger partial charge in [-0.3, -0.25) is 0 Å². The number of benzene rings is 2. The summed E-state index contributed by atoms with van der Waals surface area (Å²) in [5.74, 6) is 0.284. The van der Waals surface area contributed by atoms with Gasteiger partial charge in [0.15, 0.2) is 5.60 Å². The third-order valence-corrected chi connectivity index (χ3v) is 7.40. The SMILES string of the molecule is C=CCOC(=O)C(C)(CC)Oc1ccc(C(C)(C)c2ccc(OC(=O)C(C)(CC)OCC=C)c(C)c2)cc1C. The van der Waals surface area contributed by atoms with E-state index >= 15 is 0 Å². The number of esters is 2. The van der Waals surface area contributed by atoms with Gasteiger partial charge in [-0.2, -0.15) is 0 Å². The van der Waals surface area contributed by atoms with E-state index in [0.717, 1.165) is 22.3 Å². The number of carbonyl (C=O) groups is 2. The maximum absolute atomic E-state index is 12.9. The third kappa shape index (κ3) is 7.39. The monoisotopic (exact) mass is 536 g/mol. The molecular formula is C33H44O6. The summed E-state index contributed by atoms with van der Waals surface area (Å²) in [6, 6.07) is 11.8. The second kappa shape index (κ2) is 13.1. The zero-order chi connectivity index (χ0) is 29.4. The molecule has 2 rings (SSSR count). The molecule has 2 aromatic rings. The first-order valence-electron chi connectivity index (χ1n) is 13.4. The lowest BCUT2D eigenvalue weighted by Crippen LogP contribution is -2.42. The van der Waals surface area contributed by atoms with Crippen LogP contribution in [-0.4, -0.2) is 36.4 Å². The summed E-state index contributed by atoms with van der Waals surface area (Å²) in [6.07, 6.45) is 4.10. The van der Waals surface area contributed by atoms with E-state index in [0.29, 0.717) is 24.3 Å². The Bertz CT molecular complexity index is 1200. The van der Waals surface area contributed by atoms with Gasteiger partial charge in [-0.15, -0.1) is 6.58 Å². The number of ether oxygens (including phenoxy) is 4. The quantitative estimate of drug-likeness (QED) is 0.145. The molecule has 6 nitrogen and oxygen atoms in total. The van der Waals surface area contributed by atoms with E-state index in [1.54, 1.807) is 19.9 Å². The van der Waals surface area contributed by atoms with Gasteiger partial charge in [0.2, 0.25) is 5.60 Å². The van der Waals surface area contributed by atoms with Crippen LogP contribution in [0.4, 0.5) is 0 Å². The highest BCUT2D eigenvalue weighted by Crippen LogP contribution is 2.37. The number of rotatable bonds is 14. The van der Waals surface area contributed by atoms with E-state index < -0.39 is 23.1 Å². The zero-order valence-corrected chi connectivity index (χ0v) is 24.8. The zero-order valence-electron chi connectivity index (χ0n) is 24.8. The molecule has 39 heavy (non-hydrogen) atoms. The number of carbonyl (C=O) groups excluding carboxylic acids is 2. The molecule has 0 aliphatic carbocycles. The maximum Gasteiger partial charge on any atom is 0.350 e. The topological polar surface area (TPSA) is 71.1 Å². The Morgan fingerprint density at radius 1 is 0.769 bits per heavy atom. The molecule has 6 heteroatoms. The summed E-state index contributed by atoms with van der Waals surface area (Å²) in [5.41, 5.74) is 1.43. The minimum Gasteiger partial charge on any atom is -0.476 e. The Kier molecular flexibility index (Phi) is 10.7. The Labute approximate surface area is 234 Å². The maximum atomic E-state index is 12.9. The summed E-state index contributed by atoms with van der Waals surface area (Å²) >= 11 is 0. The van der Waals surface area contributed by atoms with Crippen LogP contribution in [0.15, 0.2) is 61.7 Å². The Hall–Kier alpha value is -3.38. The number of hydrogen-bond donors (Lipinski definition) is 0. The van der Waals surface area contributed by atoms with Crippen molar-refractivity contribution in [3.05, 3.63) is 84.0 Å². The molecule has 2 unspecified atom stereocenters. The molecule has 0 aliphatic rings. The third-order valence-electron chi connectivity index (χ3n) is 7.40. The Balaban J connectivity index is 2.28. The van der Waals surface area contributed by atoms with Crippen molar-refractivity contribution in [1.82, 2.24) is 0 Å². The van der Waals surface area contributed by atoms with Crippen LogP contribution in [0.25, 0.3) is 0 Å². The van der Waals surface area contributed by atoms with Gasteiger partial charge in [0, 0.05) is 5.41 Å². The van der Waals surface area contributed by atoms with Crippen molar-refractivity contribution in [1.29, 1.82) is 0 Å². The normalized spacial score (nSPS) is 14.5. The van der Waals surface area contributed by atoms with Crippen LogP contribution in [0.3, 0.4) is 0 Å². The van der Waals surface area contributed by atoms with Crippen molar-refractivity contribution in [2.75, 3.05) is 13.2 Å². The molecule has 0 spiro atoms. The lowest BCUT2D eigenvalue weighted by atomic mass is 9.77. The second-order valence-corrected chi connectivity index (χ2v) is 10.7. The van der Waals surface area contributed by atoms with E-state index in [9.17, 15) is 9.59 Å². The Morgan fingerprint density at radius 2 is 1.28 bits per heavy atom. The molecule has 0 saturated carbocycles. The van der Waals surface area contributed by atoms with Gasteiger partial charge in [0.05, 0.1) is 6.61 Å². The highest BCUT2D eigenvalue weighted by atomic mass is 16.6. The molecule has 0 aromatic heterocycles. The first-order chi connectivity index (χ1) is 18.3. The minimum absolute atomic E-state index is 0.141. The van der Waals surface area contributed by atoms with Gasteiger partial charge in [-0.1, -0.05) is 70.7 Å². The summed E-state index contributed by atoms with van der Waals surface area (Å²) in [7, 11) is 0. The fourth-order valence-electron chi connectivity index (χ4n) is 4.02. The lowest BCUT2D eigenvalue weighted by Gasteiger charge is -2.30. The molecule has 0 N–H and O–H groups in total. The van der Waals surface area contributed by atoms with E-state index in [4.69, 9.17) is 18.9 Å². The first-order valence-corrected chi connectivity index (χ1v) is 13.4. The summed E-state index contributed by atoms with van der Waals surface area (Å²) < 4.78 is 22.9. The average molecular weight is 537 g/mol. The van der Waals surface area contributed by atoms with Crippen molar-refractivity contribution >= 4 is 11.9 Å². The second-order valence-electron chi connectivity index (χ2n) is 10.7. The van der Waals surface area contributed by atoms with E-state index in [2.05, 4.69) is 33.1 Å². The molecule has 0 heterocycles. The van der Waals surface area contributed by atoms with Gasteiger partial charge >= 0.3 is 11.9 Å². The first kappa shape index (κ1) is 31.8. The predicted molar refractivity (Wildman–Crippen MR) is 155 cm³/mol. The standard InChI is InChI=1S/C33H44O6/c1-11-19-36-29(34)33(10,14-4)39-28-18-16-26(22-24(28)6)31(7,8)25-15-17-27(23(5)21-25)38-30(35)32(9,13-3)37-20-12-2/h11-12,15-18,21-22H,1-2,13-14,19-20H2,3-10H3. The fraction of sp³-hybridized carbons (Fsp3) is 0.455. The van der Waals surface area contributed by atoms with Crippen LogP contribution in [-0.2, 0) is 24.5 Å². The molecule has 0 saturated heterocycles. The van der Waals surface area contributed by atoms with Crippen LogP contribution in [0.1, 0.15) is 76.6 Å². The smallest absolute Gasteiger partial charge is 0.350 e. The molecule has 0 radical (unpaired) electrons. The molecule has 2 aromatic carbocycles. The van der Waals surface area contributed by atoms with Gasteiger partial charge in [0.25, 0.3) is 0 Å². The largest absolute Gasteiger partial charge is 0.476 e. The summed E-state index contributed by atoms with van der Waals surface area (Å²) in [4.78, 5) is 25.5. The van der Waals surface area contributed by atoms with Gasteiger partial charge in [-0.25, -0.2) is 9.59 Å². The van der Waals surface area contributed by atoms with Crippen molar-refractivity contribution in [3.63, 3.8) is 0 Å². The van der Waals surface area contributed by atoms with E-state index in [1.807, 2.05) is 58.0 Å². The van der Waals surface area contributed by atoms with Crippen molar-refractivity contribution in [3.8, 4) is 11.5 Å². The Morgan fingerprint density at radius 3 is 1.74 bits per heavy atom. The minimum atomic E-state index is -1.10. The van der Waals surface area contributed by atoms with Crippen LogP contribution >= 0.6 is 0 Å². The number of aryl methyl sites for hydroxylation is 2. The van der Waals surface area contributed by atoms with Crippen LogP contribution < -0.4 is 9.47 Å². The molecular weight excluding hydrogens is 492 g/mol. The highest BCUT2D eigenvalue weighted by molar-refractivity contribution is 5.81.